The van der Waals surface area contributed by atoms with E-state index in [4.69, 9.17) is 5.26 Å². The fraction of sp³-hybridized carbons (Fsp3) is 0. The van der Waals surface area contributed by atoms with Crippen LogP contribution in [0.3, 0.4) is 0 Å². The third kappa shape index (κ3) is 4.09. The van der Waals surface area contributed by atoms with Crippen LogP contribution in [0, 0.1) is 11.3 Å². The summed E-state index contributed by atoms with van der Waals surface area (Å²) >= 11 is 0. The van der Waals surface area contributed by atoms with E-state index < -0.39 is 0 Å². The number of hydrogen-bond donors (Lipinski definition) is 1. The summed E-state index contributed by atoms with van der Waals surface area (Å²) < 4.78 is 0. The Morgan fingerprint density at radius 2 is 1.17 bits per heavy atom. The monoisotopic (exact) mass is 296 g/mol. The van der Waals surface area contributed by atoms with Gasteiger partial charge < -0.3 is 5.32 Å². The maximum Gasteiger partial charge on any atom is 0.0991 e. The van der Waals surface area contributed by atoms with E-state index in [1.165, 1.54) is 0 Å². The average Bonchev–Trinajstić information content (AvgIpc) is 2.62. The van der Waals surface area contributed by atoms with E-state index in [1.807, 2.05) is 60.7 Å². The van der Waals surface area contributed by atoms with Gasteiger partial charge in [0, 0.05) is 11.4 Å². The Labute approximate surface area is 136 Å². The van der Waals surface area contributed by atoms with Crippen LogP contribution in [0.4, 0.5) is 11.4 Å². The Hall–Kier alpha value is -3.31. The average molecular weight is 296 g/mol. The lowest BCUT2D eigenvalue weighted by atomic mass is 10.1. The molecule has 3 aromatic rings. The molecule has 0 amide bonds. The van der Waals surface area contributed by atoms with Crippen molar-refractivity contribution in [3.8, 4) is 6.07 Å². The highest BCUT2D eigenvalue weighted by Crippen LogP contribution is 2.17. The second-order valence-corrected chi connectivity index (χ2v) is 5.18. The number of nitriles is 1. The molecule has 0 aromatic heterocycles. The van der Waals surface area contributed by atoms with Crippen LogP contribution in [0.2, 0.25) is 0 Å². The molecule has 110 valence electrons. The third-order valence-electron chi connectivity index (χ3n) is 3.48. The van der Waals surface area contributed by atoms with Gasteiger partial charge in [0.1, 0.15) is 0 Å². The Bertz CT molecular complexity index is 824. The molecule has 0 aliphatic rings. The first-order valence-corrected chi connectivity index (χ1v) is 7.44. The molecule has 3 rings (SSSR count). The van der Waals surface area contributed by atoms with Gasteiger partial charge in [0.15, 0.2) is 0 Å². The normalized spacial score (nSPS) is 10.4. The Balaban J connectivity index is 1.67. The van der Waals surface area contributed by atoms with Crippen LogP contribution in [0.1, 0.15) is 16.7 Å². The molecule has 0 spiro atoms. The molecule has 23 heavy (non-hydrogen) atoms. The van der Waals surface area contributed by atoms with Gasteiger partial charge in [0.05, 0.1) is 11.6 Å². The second kappa shape index (κ2) is 7.11. The molecule has 0 saturated carbocycles. The van der Waals surface area contributed by atoms with Crippen LogP contribution in [0.5, 0.6) is 0 Å². The first kappa shape index (κ1) is 14.6. The van der Waals surface area contributed by atoms with Crippen molar-refractivity contribution in [3.63, 3.8) is 0 Å². The van der Waals surface area contributed by atoms with Gasteiger partial charge in [0.2, 0.25) is 0 Å². The minimum absolute atomic E-state index is 0.679. The largest absolute Gasteiger partial charge is 0.356 e. The first-order valence-electron chi connectivity index (χ1n) is 7.44. The van der Waals surface area contributed by atoms with Crippen molar-refractivity contribution >= 4 is 23.5 Å². The van der Waals surface area contributed by atoms with Crippen LogP contribution in [-0.2, 0) is 0 Å². The van der Waals surface area contributed by atoms with Crippen molar-refractivity contribution in [1.82, 2.24) is 0 Å². The summed E-state index contributed by atoms with van der Waals surface area (Å²) in [5, 5.41) is 12.2. The smallest absolute Gasteiger partial charge is 0.0991 e. The Kier molecular flexibility index (Phi) is 4.52. The molecule has 0 radical (unpaired) electrons. The molecule has 0 aliphatic carbocycles. The van der Waals surface area contributed by atoms with E-state index in [0.717, 1.165) is 22.5 Å². The SMILES string of the molecule is N#Cc1ccc(/C=C/c2ccc(Nc3ccccc3)cc2)cc1. The molecule has 0 unspecified atom stereocenters. The zero-order valence-electron chi connectivity index (χ0n) is 12.6. The van der Waals surface area contributed by atoms with Crippen LogP contribution >= 0.6 is 0 Å². The van der Waals surface area contributed by atoms with Crippen LogP contribution in [0.25, 0.3) is 12.2 Å². The standard InChI is InChI=1S/C21H16N2/c22-16-19-10-8-17(9-11-19)6-7-18-12-14-21(15-13-18)23-20-4-2-1-3-5-20/h1-15,23H/b7-6+. The molecule has 0 atom stereocenters. The van der Waals surface area contributed by atoms with Crippen LogP contribution in [-0.4, -0.2) is 0 Å². The van der Waals surface area contributed by atoms with Gasteiger partial charge >= 0.3 is 0 Å². The van der Waals surface area contributed by atoms with Gasteiger partial charge in [-0.1, -0.05) is 54.6 Å². The van der Waals surface area contributed by atoms with Gasteiger partial charge in [-0.3, -0.25) is 0 Å². The second-order valence-electron chi connectivity index (χ2n) is 5.18. The van der Waals surface area contributed by atoms with Gasteiger partial charge in [0.25, 0.3) is 0 Å². The molecule has 0 heterocycles. The van der Waals surface area contributed by atoms with Crippen molar-refractivity contribution in [3.05, 3.63) is 95.6 Å². The highest BCUT2D eigenvalue weighted by molar-refractivity contribution is 5.71. The minimum Gasteiger partial charge on any atom is -0.356 e. The molecule has 0 aliphatic heterocycles. The molecule has 1 N–H and O–H groups in total. The van der Waals surface area contributed by atoms with Gasteiger partial charge in [-0.2, -0.15) is 5.26 Å². The topological polar surface area (TPSA) is 35.8 Å². The quantitative estimate of drug-likeness (QED) is 0.648. The summed E-state index contributed by atoms with van der Waals surface area (Å²) in [6.45, 7) is 0. The summed E-state index contributed by atoms with van der Waals surface area (Å²) in [6.07, 6.45) is 4.11. The molecule has 0 bridgehead atoms. The fourth-order valence-corrected chi connectivity index (χ4v) is 2.23. The zero-order chi connectivity index (χ0) is 15.9. The van der Waals surface area contributed by atoms with Crippen molar-refractivity contribution in [2.45, 2.75) is 0 Å². The van der Waals surface area contributed by atoms with E-state index in [-0.39, 0.29) is 0 Å². The van der Waals surface area contributed by atoms with E-state index in [1.54, 1.807) is 0 Å². The van der Waals surface area contributed by atoms with Gasteiger partial charge in [-0.05, 0) is 47.5 Å². The number of nitrogens with zero attached hydrogens (tertiary/aromatic N) is 1. The number of rotatable bonds is 4. The minimum atomic E-state index is 0.679. The highest BCUT2D eigenvalue weighted by Gasteiger charge is 1.94. The molecule has 2 heteroatoms. The lowest BCUT2D eigenvalue weighted by Crippen LogP contribution is -1.89. The number of nitrogens with one attached hydrogen (secondary N) is 1. The van der Waals surface area contributed by atoms with E-state index in [0.29, 0.717) is 5.56 Å². The molecular weight excluding hydrogens is 280 g/mol. The lowest BCUT2D eigenvalue weighted by Gasteiger charge is -2.06. The predicted molar refractivity (Wildman–Crippen MR) is 96.3 cm³/mol. The lowest BCUT2D eigenvalue weighted by molar-refractivity contribution is 1.48. The highest BCUT2D eigenvalue weighted by atomic mass is 14.9. The summed E-state index contributed by atoms with van der Waals surface area (Å²) in [5.74, 6) is 0. The fourth-order valence-electron chi connectivity index (χ4n) is 2.23. The summed E-state index contributed by atoms with van der Waals surface area (Å²) in [4.78, 5) is 0. The number of anilines is 2. The number of benzene rings is 3. The molecule has 2 nitrogen and oxygen atoms in total. The van der Waals surface area contributed by atoms with Crippen molar-refractivity contribution < 1.29 is 0 Å². The van der Waals surface area contributed by atoms with E-state index in [9.17, 15) is 0 Å². The Morgan fingerprint density at radius 3 is 1.74 bits per heavy atom. The van der Waals surface area contributed by atoms with Crippen molar-refractivity contribution in [2.75, 3.05) is 5.32 Å². The van der Waals surface area contributed by atoms with E-state index in [2.05, 4.69) is 41.7 Å². The van der Waals surface area contributed by atoms with Gasteiger partial charge in [-0.25, -0.2) is 0 Å². The van der Waals surface area contributed by atoms with Gasteiger partial charge in [-0.15, -0.1) is 0 Å². The van der Waals surface area contributed by atoms with Crippen LogP contribution < -0.4 is 5.32 Å². The maximum atomic E-state index is 8.79. The summed E-state index contributed by atoms with van der Waals surface area (Å²) in [5.41, 5.74) is 5.03. The number of hydrogen-bond acceptors (Lipinski definition) is 2. The molecule has 0 fully saturated rings. The zero-order valence-corrected chi connectivity index (χ0v) is 12.6. The van der Waals surface area contributed by atoms with Crippen LogP contribution in [0.15, 0.2) is 78.9 Å². The van der Waals surface area contributed by atoms with E-state index >= 15 is 0 Å². The third-order valence-corrected chi connectivity index (χ3v) is 3.48. The predicted octanol–water partition coefficient (Wildman–Crippen LogP) is 5.47. The Morgan fingerprint density at radius 1 is 0.652 bits per heavy atom. The molecular formula is C21H16N2. The summed E-state index contributed by atoms with van der Waals surface area (Å²) in [6, 6.07) is 28.0. The molecule has 3 aromatic carbocycles. The number of para-hydroxylation sites is 1. The van der Waals surface area contributed by atoms with Crippen molar-refractivity contribution in [2.24, 2.45) is 0 Å². The molecule has 0 saturated heterocycles. The van der Waals surface area contributed by atoms with Crippen molar-refractivity contribution in [1.29, 1.82) is 5.26 Å². The summed E-state index contributed by atoms with van der Waals surface area (Å²) in [7, 11) is 0. The first-order chi connectivity index (χ1) is 11.3. The maximum absolute atomic E-state index is 8.79.